The molecule has 1 N–H and O–H groups in total. The predicted octanol–water partition coefficient (Wildman–Crippen LogP) is 2.62. The number of benzene rings is 2. The largest absolute Gasteiger partial charge is 0.494 e. The van der Waals surface area contributed by atoms with Gasteiger partial charge < -0.3 is 24.3 Å². The van der Waals surface area contributed by atoms with E-state index in [9.17, 15) is 9.59 Å². The third-order valence-electron chi connectivity index (χ3n) is 3.92. The molecule has 1 amide bonds. The molecule has 7 nitrogen and oxygen atoms in total. The summed E-state index contributed by atoms with van der Waals surface area (Å²) in [5.41, 5.74) is 1.35. The van der Waals surface area contributed by atoms with Crippen molar-refractivity contribution in [2.45, 2.75) is 13.3 Å². The summed E-state index contributed by atoms with van der Waals surface area (Å²) in [6.07, 6.45) is 0.610. The van der Waals surface area contributed by atoms with Crippen LogP contribution in [0.3, 0.4) is 0 Å². The van der Waals surface area contributed by atoms with Crippen molar-refractivity contribution in [2.75, 3.05) is 34.0 Å². The Morgan fingerprint density at radius 1 is 0.964 bits per heavy atom. The van der Waals surface area contributed by atoms with Crippen LogP contribution in [0, 0.1) is 0 Å². The van der Waals surface area contributed by atoms with E-state index in [2.05, 4.69) is 5.32 Å². The Bertz CT molecular complexity index is 788. The van der Waals surface area contributed by atoms with Crippen LogP contribution in [0.5, 0.6) is 17.2 Å². The minimum absolute atomic E-state index is 0.335. The standard InChI is InChI=1S/C21H25NO6/c1-4-27-17-8-6-16(7-9-17)21(24)28-14-20(23)22-12-11-15-5-10-18(25-2)19(13-15)26-3/h5-10,13H,4,11-12,14H2,1-3H3,(H,22,23). The number of amides is 1. The molecule has 0 heterocycles. The van der Waals surface area contributed by atoms with Crippen LogP contribution in [-0.2, 0) is 16.0 Å². The van der Waals surface area contributed by atoms with Crippen molar-refractivity contribution in [1.29, 1.82) is 0 Å². The molecule has 0 aliphatic heterocycles. The lowest BCUT2D eigenvalue weighted by molar-refractivity contribution is -0.124. The third kappa shape index (κ3) is 6.19. The lowest BCUT2D eigenvalue weighted by atomic mass is 10.1. The van der Waals surface area contributed by atoms with Crippen LogP contribution in [-0.4, -0.2) is 45.9 Å². The number of ether oxygens (including phenoxy) is 4. The molecule has 0 atom stereocenters. The highest BCUT2D eigenvalue weighted by Gasteiger charge is 2.10. The normalized spacial score (nSPS) is 10.1. The summed E-state index contributed by atoms with van der Waals surface area (Å²) in [5, 5.41) is 2.72. The second-order valence-electron chi connectivity index (χ2n) is 5.82. The van der Waals surface area contributed by atoms with Gasteiger partial charge in [-0.3, -0.25) is 4.79 Å². The van der Waals surface area contributed by atoms with E-state index in [4.69, 9.17) is 18.9 Å². The van der Waals surface area contributed by atoms with E-state index in [1.165, 1.54) is 0 Å². The zero-order valence-corrected chi connectivity index (χ0v) is 16.3. The van der Waals surface area contributed by atoms with Gasteiger partial charge >= 0.3 is 5.97 Å². The molecule has 0 unspecified atom stereocenters. The summed E-state index contributed by atoms with van der Waals surface area (Å²) in [5.74, 6) is 1.04. The van der Waals surface area contributed by atoms with E-state index in [1.54, 1.807) is 38.5 Å². The van der Waals surface area contributed by atoms with Gasteiger partial charge in [0.05, 0.1) is 26.4 Å². The lowest BCUT2D eigenvalue weighted by Gasteiger charge is -2.10. The number of rotatable bonds is 10. The molecule has 0 aliphatic rings. The second-order valence-corrected chi connectivity index (χ2v) is 5.82. The summed E-state index contributed by atoms with van der Waals surface area (Å²) >= 11 is 0. The van der Waals surface area contributed by atoms with Crippen molar-refractivity contribution in [2.24, 2.45) is 0 Å². The molecule has 0 saturated carbocycles. The van der Waals surface area contributed by atoms with Gasteiger partial charge in [0.2, 0.25) is 0 Å². The average Bonchev–Trinajstić information content (AvgIpc) is 2.72. The zero-order chi connectivity index (χ0) is 20.4. The summed E-state index contributed by atoms with van der Waals surface area (Å²) in [7, 11) is 3.15. The number of carbonyl (C=O) groups excluding carboxylic acids is 2. The lowest BCUT2D eigenvalue weighted by Crippen LogP contribution is -2.30. The van der Waals surface area contributed by atoms with E-state index in [-0.39, 0.29) is 12.5 Å². The quantitative estimate of drug-likeness (QED) is 0.631. The topological polar surface area (TPSA) is 83.1 Å². The van der Waals surface area contributed by atoms with Crippen molar-refractivity contribution in [3.05, 3.63) is 53.6 Å². The maximum absolute atomic E-state index is 12.0. The number of methoxy groups -OCH3 is 2. The van der Waals surface area contributed by atoms with Crippen LogP contribution in [0.15, 0.2) is 42.5 Å². The summed E-state index contributed by atoms with van der Waals surface area (Å²) in [6.45, 7) is 2.51. The maximum atomic E-state index is 12.0. The van der Waals surface area contributed by atoms with Crippen LogP contribution in [0.2, 0.25) is 0 Å². The van der Waals surface area contributed by atoms with Crippen LogP contribution in [0.1, 0.15) is 22.8 Å². The molecular weight excluding hydrogens is 362 g/mol. The van der Waals surface area contributed by atoms with E-state index < -0.39 is 5.97 Å². The predicted molar refractivity (Wildman–Crippen MR) is 104 cm³/mol. The number of hydrogen-bond donors (Lipinski definition) is 1. The fourth-order valence-corrected chi connectivity index (χ4v) is 2.50. The van der Waals surface area contributed by atoms with Gasteiger partial charge in [0.25, 0.3) is 5.91 Å². The number of esters is 1. The van der Waals surface area contributed by atoms with Gasteiger partial charge in [-0.1, -0.05) is 6.07 Å². The van der Waals surface area contributed by atoms with Crippen molar-refractivity contribution in [3.8, 4) is 17.2 Å². The van der Waals surface area contributed by atoms with E-state index >= 15 is 0 Å². The van der Waals surface area contributed by atoms with E-state index in [1.807, 2.05) is 25.1 Å². The Kier molecular flexibility index (Phi) is 8.14. The minimum atomic E-state index is -0.557. The van der Waals surface area contributed by atoms with E-state index in [0.29, 0.717) is 42.4 Å². The minimum Gasteiger partial charge on any atom is -0.494 e. The van der Waals surface area contributed by atoms with Crippen molar-refractivity contribution >= 4 is 11.9 Å². The van der Waals surface area contributed by atoms with Crippen molar-refractivity contribution in [1.82, 2.24) is 5.32 Å². The molecule has 0 spiro atoms. The van der Waals surface area contributed by atoms with Gasteiger partial charge in [0, 0.05) is 6.54 Å². The Hall–Kier alpha value is -3.22. The Morgan fingerprint density at radius 3 is 2.32 bits per heavy atom. The molecule has 0 bridgehead atoms. The molecule has 2 aromatic rings. The molecule has 0 saturated heterocycles. The second kappa shape index (κ2) is 10.8. The van der Waals surface area contributed by atoms with Crippen LogP contribution in [0.25, 0.3) is 0 Å². The van der Waals surface area contributed by atoms with Crippen LogP contribution >= 0.6 is 0 Å². The van der Waals surface area contributed by atoms with Gasteiger partial charge in [0.1, 0.15) is 5.75 Å². The van der Waals surface area contributed by atoms with Gasteiger partial charge in [-0.05, 0) is 55.3 Å². The Morgan fingerprint density at radius 2 is 1.68 bits per heavy atom. The fraction of sp³-hybridized carbons (Fsp3) is 0.333. The first-order chi connectivity index (χ1) is 13.6. The maximum Gasteiger partial charge on any atom is 0.338 e. The monoisotopic (exact) mass is 387 g/mol. The Balaban J connectivity index is 1.74. The van der Waals surface area contributed by atoms with Crippen molar-refractivity contribution in [3.63, 3.8) is 0 Å². The van der Waals surface area contributed by atoms with E-state index in [0.717, 1.165) is 5.56 Å². The molecule has 0 aliphatic carbocycles. The first kappa shape index (κ1) is 21.1. The first-order valence-electron chi connectivity index (χ1n) is 8.95. The molecule has 0 radical (unpaired) electrons. The third-order valence-corrected chi connectivity index (χ3v) is 3.92. The highest BCUT2D eigenvalue weighted by molar-refractivity contribution is 5.91. The molecule has 28 heavy (non-hydrogen) atoms. The average molecular weight is 387 g/mol. The van der Waals surface area contributed by atoms with Crippen molar-refractivity contribution < 1.29 is 28.5 Å². The smallest absolute Gasteiger partial charge is 0.338 e. The van der Waals surface area contributed by atoms with Gasteiger partial charge in [-0.2, -0.15) is 0 Å². The molecule has 0 fully saturated rings. The number of hydrogen-bond acceptors (Lipinski definition) is 6. The summed E-state index contributed by atoms with van der Waals surface area (Å²) < 4.78 is 20.8. The highest BCUT2D eigenvalue weighted by atomic mass is 16.5. The highest BCUT2D eigenvalue weighted by Crippen LogP contribution is 2.27. The molecule has 2 rings (SSSR count). The first-order valence-corrected chi connectivity index (χ1v) is 8.95. The zero-order valence-electron chi connectivity index (χ0n) is 16.3. The van der Waals surface area contributed by atoms with Gasteiger partial charge in [-0.15, -0.1) is 0 Å². The molecular formula is C21H25NO6. The molecule has 0 aromatic heterocycles. The number of carbonyl (C=O) groups is 2. The Labute approximate surface area is 164 Å². The van der Waals surface area contributed by atoms with Gasteiger partial charge in [-0.25, -0.2) is 4.79 Å². The fourth-order valence-electron chi connectivity index (χ4n) is 2.50. The SMILES string of the molecule is CCOc1ccc(C(=O)OCC(=O)NCCc2ccc(OC)c(OC)c2)cc1. The van der Waals surface area contributed by atoms with Gasteiger partial charge in [0.15, 0.2) is 18.1 Å². The number of nitrogens with one attached hydrogen (secondary N) is 1. The van der Waals surface area contributed by atoms with Crippen LogP contribution < -0.4 is 19.5 Å². The molecule has 2 aromatic carbocycles. The van der Waals surface area contributed by atoms with Crippen LogP contribution in [0.4, 0.5) is 0 Å². The summed E-state index contributed by atoms with van der Waals surface area (Å²) in [6, 6.07) is 12.1. The summed E-state index contributed by atoms with van der Waals surface area (Å²) in [4.78, 5) is 23.9. The molecule has 7 heteroatoms. The molecule has 150 valence electrons.